The number of amides is 1. The lowest BCUT2D eigenvalue weighted by atomic mass is 9.87. The maximum absolute atomic E-state index is 12.2. The van der Waals surface area contributed by atoms with Crippen LogP contribution in [0, 0.1) is 0 Å². The van der Waals surface area contributed by atoms with E-state index in [4.69, 9.17) is 4.74 Å². The van der Waals surface area contributed by atoms with Crippen LogP contribution in [0.1, 0.15) is 29.8 Å². The number of Topliss-reactive ketones (excluding diaryl/α,β-unsaturated/α-hetero) is 1. The number of aromatic nitrogens is 2. The molecule has 3 heterocycles. The van der Waals surface area contributed by atoms with Gasteiger partial charge in [-0.1, -0.05) is 0 Å². The number of likely N-dealkylation sites (tertiary alicyclic amines) is 1. The van der Waals surface area contributed by atoms with E-state index in [-0.39, 0.29) is 18.2 Å². The Hall–Kier alpha value is -1.82. The van der Waals surface area contributed by atoms with Crippen molar-refractivity contribution in [3.8, 4) is 0 Å². The molecule has 0 N–H and O–H groups in total. The van der Waals surface area contributed by atoms with E-state index in [0.29, 0.717) is 25.3 Å². The van der Waals surface area contributed by atoms with Crippen molar-refractivity contribution in [3.63, 3.8) is 0 Å². The van der Waals surface area contributed by atoms with E-state index in [1.165, 1.54) is 17.4 Å². The van der Waals surface area contributed by atoms with Gasteiger partial charge in [0.2, 0.25) is 0 Å². The SMILES string of the molecule is O=C(c1ccncn1)N1CC[C@]2(CCCO2)C(=O)C1. The number of piperidine rings is 1. The quantitative estimate of drug-likeness (QED) is 0.733. The molecule has 6 nitrogen and oxygen atoms in total. The first kappa shape index (κ1) is 12.2. The van der Waals surface area contributed by atoms with Gasteiger partial charge in [-0.25, -0.2) is 9.97 Å². The van der Waals surface area contributed by atoms with Crippen molar-refractivity contribution in [1.82, 2.24) is 14.9 Å². The highest BCUT2D eigenvalue weighted by molar-refractivity contribution is 5.98. The van der Waals surface area contributed by atoms with Gasteiger partial charge in [-0.05, 0) is 18.9 Å². The predicted molar refractivity (Wildman–Crippen MR) is 65.5 cm³/mol. The summed E-state index contributed by atoms with van der Waals surface area (Å²) < 4.78 is 5.61. The molecule has 1 aromatic heterocycles. The lowest BCUT2D eigenvalue weighted by Gasteiger charge is -2.36. The Labute approximate surface area is 110 Å². The van der Waals surface area contributed by atoms with Gasteiger partial charge in [0.05, 0.1) is 6.54 Å². The third kappa shape index (κ3) is 2.12. The molecule has 1 aromatic rings. The Balaban J connectivity index is 1.72. The van der Waals surface area contributed by atoms with Gasteiger partial charge in [0.1, 0.15) is 17.6 Å². The molecule has 0 aliphatic carbocycles. The second kappa shape index (κ2) is 4.70. The molecule has 2 saturated heterocycles. The molecule has 2 aliphatic heterocycles. The zero-order valence-corrected chi connectivity index (χ0v) is 10.5. The van der Waals surface area contributed by atoms with Crippen molar-refractivity contribution < 1.29 is 14.3 Å². The summed E-state index contributed by atoms with van der Waals surface area (Å²) in [5.41, 5.74) is -0.297. The molecule has 2 fully saturated rings. The molecule has 0 radical (unpaired) electrons. The Bertz CT molecular complexity index is 497. The van der Waals surface area contributed by atoms with Gasteiger partial charge in [0.15, 0.2) is 5.78 Å². The number of carbonyl (C=O) groups excluding carboxylic acids is 2. The van der Waals surface area contributed by atoms with Crippen LogP contribution in [-0.4, -0.2) is 51.9 Å². The van der Waals surface area contributed by atoms with E-state index in [1.54, 1.807) is 6.07 Å². The summed E-state index contributed by atoms with van der Waals surface area (Å²) in [6.07, 6.45) is 5.14. The zero-order chi connectivity index (χ0) is 13.3. The molecule has 6 heteroatoms. The molecule has 3 rings (SSSR count). The molecule has 100 valence electrons. The Morgan fingerprint density at radius 1 is 1.42 bits per heavy atom. The molecular formula is C13H15N3O3. The van der Waals surface area contributed by atoms with Crippen LogP contribution >= 0.6 is 0 Å². The van der Waals surface area contributed by atoms with Crippen LogP contribution < -0.4 is 0 Å². The summed E-state index contributed by atoms with van der Waals surface area (Å²) in [6.45, 7) is 1.29. The Kier molecular flexibility index (Phi) is 3.02. The van der Waals surface area contributed by atoms with Crippen molar-refractivity contribution >= 4 is 11.7 Å². The zero-order valence-electron chi connectivity index (χ0n) is 10.5. The van der Waals surface area contributed by atoms with Crippen LogP contribution in [0.15, 0.2) is 18.6 Å². The minimum absolute atomic E-state index is 0.0126. The summed E-state index contributed by atoms with van der Waals surface area (Å²) in [5.74, 6) is -0.206. The van der Waals surface area contributed by atoms with Gasteiger partial charge in [0.25, 0.3) is 5.91 Å². The summed E-state index contributed by atoms with van der Waals surface area (Å²) in [4.78, 5) is 33.6. The van der Waals surface area contributed by atoms with Crippen LogP contribution in [0.4, 0.5) is 0 Å². The monoisotopic (exact) mass is 261 g/mol. The van der Waals surface area contributed by atoms with E-state index in [2.05, 4.69) is 9.97 Å². The highest BCUT2D eigenvalue weighted by Crippen LogP contribution is 2.33. The molecule has 2 aliphatic rings. The molecular weight excluding hydrogens is 246 g/mol. The van der Waals surface area contributed by atoms with Crippen molar-refractivity contribution in [1.29, 1.82) is 0 Å². The van der Waals surface area contributed by atoms with E-state index in [1.807, 2.05) is 0 Å². The van der Waals surface area contributed by atoms with Crippen LogP contribution in [0.2, 0.25) is 0 Å². The lowest BCUT2D eigenvalue weighted by Crippen LogP contribution is -2.53. The fourth-order valence-corrected chi connectivity index (χ4v) is 2.72. The first-order chi connectivity index (χ1) is 9.21. The maximum Gasteiger partial charge on any atom is 0.272 e. The van der Waals surface area contributed by atoms with Crippen LogP contribution in [0.3, 0.4) is 0 Å². The minimum Gasteiger partial charge on any atom is -0.367 e. The van der Waals surface area contributed by atoms with Crippen molar-refractivity contribution in [2.24, 2.45) is 0 Å². The molecule has 0 unspecified atom stereocenters. The number of nitrogens with zero attached hydrogens (tertiary/aromatic N) is 3. The smallest absolute Gasteiger partial charge is 0.272 e. The topological polar surface area (TPSA) is 72.4 Å². The molecule has 0 aromatic carbocycles. The van der Waals surface area contributed by atoms with Crippen molar-refractivity contribution in [3.05, 3.63) is 24.3 Å². The maximum atomic E-state index is 12.2. The molecule has 0 bridgehead atoms. The molecule has 1 amide bonds. The fraction of sp³-hybridized carbons (Fsp3) is 0.538. The summed E-state index contributed by atoms with van der Waals surface area (Å²) in [5, 5.41) is 0. The third-order valence-electron chi connectivity index (χ3n) is 3.82. The number of rotatable bonds is 1. The van der Waals surface area contributed by atoms with E-state index in [9.17, 15) is 9.59 Å². The number of hydrogen-bond acceptors (Lipinski definition) is 5. The van der Waals surface area contributed by atoms with E-state index in [0.717, 1.165) is 12.8 Å². The first-order valence-corrected chi connectivity index (χ1v) is 6.44. The summed E-state index contributed by atoms with van der Waals surface area (Å²) in [7, 11) is 0. The lowest BCUT2D eigenvalue weighted by molar-refractivity contribution is -0.144. The molecule has 1 atom stereocenters. The van der Waals surface area contributed by atoms with Gasteiger partial charge in [-0.3, -0.25) is 9.59 Å². The largest absolute Gasteiger partial charge is 0.367 e. The average Bonchev–Trinajstić information content (AvgIpc) is 2.92. The number of carbonyl (C=O) groups is 2. The normalized spacial score (nSPS) is 26.9. The number of ketones is 1. The molecule has 0 saturated carbocycles. The Morgan fingerprint density at radius 3 is 2.95 bits per heavy atom. The Morgan fingerprint density at radius 2 is 2.32 bits per heavy atom. The van der Waals surface area contributed by atoms with E-state index < -0.39 is 5.60 Å². The minimum atomic E-state index is -0.623. The van der Waals surface area contributed by atoms with Gasteiger partial charge in [0, 0.05) is 25.8 Å². The van der Waals surface area contributed by atoms with Gasteiger partial charge < -0.3 is 9.64 Å². The fourth-order valence-electron chi connectivity index (χ4n) is 2.72. The summed E-state index contributed by atoms with van der Waals surface area (Å²) >= 11 is 0. The highest BCUT2D eigenvalue weighted by Gasteiger charge is 2.46. The van der Waals surface area contributed by atoms with Crippen molar-refractivity contribution in [2.75, 3.05) is 19.7 Å². The second-order valence-electron chi connectivity index (χ2n) is 4.94. The van der Waals surface area contributed by atoms with Gasteiger partial charge in [-0.2, -0.15) is 0 Å². The van der Waals surface area contributed by atoms with Crippen molar-refractivity contribution in [2.45, 2.75) is 24.9 Å². The summed E-state index contributed by atoms with van der Waals surface area (Å²) in [6, 6.07) is 1.56. The molecule has 1 spiro atoms. The standard InChI is InChI=1S/C13H15N3O3/c17-11-8-16(6-4-13(11)3-1-7-19-13)12(18)10-2-5-14-9-15-10/h2,5,9H,1,3-4,6-8H2/t13-/m1/s1. The average molecular weight is 261 g/mol. The van der Waals surface area contributed by atoms with Crippen LogP contribution in [0.5, 0.6) is 0 Å². The van der Waals surface area contributed by atoms with Crippen LogP contribution in [-0.2, 0) is 9.53 Å². The first-order valence-electron chi connectivity index (χ1n) is 6.44. The third-order valence-corrected chi connectivity index (χ3v) is 3.82. The highest BCUT2D eigenvalue weighted by atomic mass is 16.5. The van der Waals surface area contributed by atoms with Gasteiger partial charge >= 0.3 is 0 Å². The number of ether oxygens (including phenoxy) is 1. The predicted octanol–water partition coefficient (Wildman–Crippen LogP) is 0.441. The molecule has 19 heavy (non-hydrogen) atoms. The van der Waals surface area contributed by atoms with Crippen LogP contribution in [0.25, 0.3) is 0 Å². The van der Waals surface area contributed by atoms with Gasteiger partial charge in [-0.15, -0.1) is 0 Å². The number of hydrogen-bond donors (Lipinski definition) is 0. The second-order valence-corrected chi connectivity index (χ2v) is 4.94. The van der Waals surface area contributed by atoms with E-state index >= 15 is 0 Å².